The first-order valence-corrected chi connectivity index (χ1v) is 10.7. The van der Waals surface area contributed by atoms with Gasteiger partial charge >= 0.3 is 0 Å². The molecule has 3 heterocycles. The van der Waals surface area contributed by atoms with Crippen molar-refractivity contribution in [3.63, 3.8) is 0 Å². The highest BCUT2D eigenvalue weighted by Gasteiger charge is 2.38. The quantitative estimate of drug-likeness (QED) is 0.738. The Hall–Kier alpha value is -1.59. The van der Waals surface area contributed by atoms with Gasteiger partial charge in [0.1, 0.15) is 10.8 Å². The first kappa shape index (κ1) is 17.8. The van der Waals surface area contributed by atoms with E-state index in [0.29, 0.717) is 12.1 Å². The molecule has 0 aliphatic carbocycles. The molecule has 2 aromatic rings. The molecule has 0 spiro atoms. The summed E-state index contributed by atoms with van der Waals surface area (Å²) in [6, 6.07) is 12.6. The van der Waals surface area contributed by atoms with Crippen LogP contribution in [-0.2, 0) is 5.75 Å². The molecular formula is C21H28N4S. The van der Waals surface area contributed by atoms with Gasteiger partial charge in [-0.1, -0.05) is 30.3 Å². The fourth-order valence-corrected chi connectivity index (χ4v) is 5.25. The highest BCUT2D eigenvalue weighted by atomic mass is 32.2. The molecule has 26 heavy (non-hydrogen) atoms. The fourth-order valence-electron chi connectivity index (χ4n) is 4.45. The SMILES string of the molecule is CC(C)N1C2CCC1CN(c1cncc(SCc3ccccc3)n1)CC2. The van der Waals surface area contributed by atoms with Crippen LogP contribution in [0, 0.1) is 0 Å². The van der Waals surface area contributed by atoms with Gasteiger partial charge in [0.15, 0.2) is 0 Å². The van der Waals surface area contributed by atoms with E-state index in [1.807, 2.05) is 12.4 Å². The molecule has 5 heteroatoms. The summed E-state index contributed by atoms with van der Waals surface area (Å²) in [6.07, 6.45) is 7.73. The number of thioether (sulfide) groups is 1. The van der Waals surface area contributed by atoms with Gasteiger partial charge in [-0.2, -0.15) is 0 Å². The van der Waals surface area contributed by atoms with E-state index in [2.05, 4.69) is 59.0 Å². The van der Waals surface area contributed by atoms with Gasteiger partial charge in [0.2, 0.25) is 0 Å². The van der Waals surface area contributed by atoms with Crippen LogP contribution in [-0.4, -0.2) is 46.1 Å². The van der Waals surface area contributed by atoms with E-state index in [-0.39, 0.29) is 0 Å². The van der Waals surface area contributed by atoms with Crippen molar-refractivity contribution in [3.05, 3.63) is 48.3 Å². The van der Waals surface area contributed by atoms with Gasteiger partial charge in [0.25, 0.3) is 0 Å². The summed E-state index contributed by atoms with van der Waals surface area (Å²) in [5.41, 5.74) is 1.32. The number of nitrogens with zero attached hydrogens (tertiary/aromatic N) is 4. The molecule has 0 amide bonds. The Bertz CT molecular complexity index is 721. The number of aromatic nitrogens is 2. The van der Waals surface area contributed by atoms with Crippen LogP contribution in [0.15, 0.2) is 47.8 Å². The molecule has 138 valence electrons. The third-order valence-corrected chi connectivity index (χ3v) is 6.56. The first-order chi connectivity index (χ1) is 12.7. The van der Waals surface area contributed by atoms with Crippen molar-refractivity contribution in [2.45, 2.75) is 62.0 Å². The Morgan fingerprint density at radius 1 is 1.08 bits per heavy atom. The van der Waals surface area contributed by atoms with Crippen molar-refractivity contribution in [2.75, 3.05) is 18.0 Å². The van der Waals surface area contributed by atoms with Crippen LogP contribution in [0.3, 0.4) is 0 Å². The molecule has 1 aromatic carbocycles. The number of hydrogen-bond acceptors (Lipinski definition) is 5. The van der Waals surface area contributed by atoms with Gasteiger partial charge in [-0.25, -0.2) is 4.98 Å². The van der Waals surface area contributed by atoms with Crippen molar-refractivity contribution in [1.82, 2.24) is 14.9 Å². The number of anilines is 1. The molecule has 2 unspecified atom stereocenters. The zero-order valence-corrected chi connectivity index (χ0v) is 16.5. The average molecular weight is 369 g/mol. The van der Waals surface area contributed by atoms with E-state index >= 15 is 0 Å². The van der Waals surface area contributed by atoms with E-state index in [1.165, 1.54) is 24.8 Å². The molecule has 1 aromatic heterocycles. The lowest BCUT2D eigenvalue weighted by Crippen LogP contribution is -2.43. The summed E-state index contributed by atoms with van der Waals surface area (Å²) in [7, 11) is 0. The Balaban J connectivity index is 1.45. The predicted octanol–water partition coefficient (Wildman–Crippen LogP) is 4.22. The lowest BCUT2D eigenvalue weighted by molar-refractivity contribution is 0.158. The van der Waals surface area contributed by atoms with Gasteiger partial charge < -0.3 is 4.90 Å². The van der Waals surface area contributed by atoms with E-state index in [0.717, 1.165) is 35.7 Å². The Morgan fingerprint density at radius 3 is 2.69 bits per heavy atom. The van der Waals surface area contributed by atoms with Crippen molar-refractivity contribution in [2.24, 2.45) is 0 Å². The fraction of sp³-hybridized carbons (Fsp3) is 0.524. The maximum Gasteiger partial charge on any atom is 0.148 e. The van der Waals surface area contributed by atoms with E-state index in [9.17, 15) is 0 Å². The van der Waals surface area contributed by atoms with Crippen LogP contribution in [0.1, 0.15) is 38.7 Å². The lowest BCUT2D eigenvalue weighted by atomic mass is 10.1. The number of hydrogen-bond donors (Lipinski definition) is 0. The summed E-state index contributed by atoms with van der Waals surface area (Å²) in [4.78, 5) is 14.6. The second-order valence-corrected chi connectivity index (χ2v) is 8.65. The zero-order chi connectivity index (χ0) is 17.9. The summed E-state index contributed by atoms with van der Waals surface area (Å²) in [6.45, 7) is 6.84. The van der Waals surface area contributed by atoms with Crippen LogP contribution in [0.2, 0.25) is 0 Å². The predicted molar refractivity (Wildman–Crippen MR) is 109 cm³/mol. The van der Waals surface area contributed by atoms with Gasteiger partial charge in [0.05, 0.1) is 12.4 Å². The Labute approximate surface area is 161 Å². The van der Waals surface area contributed by atoms with Crippen molar-refractivity contribution in [3.8, 4) is 0 Å². The third-order valence-electron chi connectivity index (χ3n) is 5.59. The lowest BCUT2D eigenvalue weighted by Gasteiger charge is -2.32. The van der Waals surface area contributed by atoms with Crippen LogP contribution < -0.4 is 4.90 Å². The molecule has 0 radical (unpaired) electrons. The van der Waals surface area contributed by atoms with Crippen LogP contribution in [0.4, 0.5) is 5.82 Å². The number of benzene rings is 1. The van der Waals surface area contributed by atoms with Gasteiger partial charge in [-0.05, 0) is 38.7 Å². The van der Waals surface area contributed by atoms with Gasteiger partial charge in [0, 0.05) is 37.0 Å². The highest BCUT2D eigenvalue weighted by Crippen LogP contribution is 2.33. The summed E-state index contributed by atoms with van der Waals surface area (Å²) >= 11 is 1.77. The molecule has 4 rings (SSSR count). The average Bonchev–Trinajstić information content (AvgIpc) is 2.95. The van der Waals surface area contributed by atoms with Crippen molar-refractivity contribution in [1.29, 1.82) is 0 Å². The molecule has 2 atom stereocenters. The summed E-state index contributed by atoms with van der Waals surface area (Å²) < 4.78 is 0. The monoisotopic (exact) mass is 368 g/mol. The van der Waals surface area contributed by atoms with E-state index in [1.54, 1.807) is 11.8 Å². The van der Waals surface area contributed by atoms with E-state index < -0.39 is 0 Å². The number of fused-ring (bicyclic) bond motifs is 2. The smallest absolute Gasteiger partial charge is 0.148 e. The van der Waals surface area contributed by atoms with Gasteiger partial charge in [-0.3, -0.25) is 9.88 Å². The largest absolute Gasteiger partial charge is 0.354 e. The normalized spacial score (nSPS) is 23.4. The number of rotatable bonds is 5. The topological polar surface area (TPSA) is 32.3 Å². The van der Waals surface area contributed by atoms with Crippen molar-refractivity contribution >= 4 is 17.6 Å². The molecule has 0 N–H and O–H groups in total. The molecule has 2 bridgehead atoms. The van der Waals surface area contributed by atoms with Crippen LogP contribution >= 0.6 is 11.8 Å². The molecule has 2 aliphatic rings. The molecule has 4 nitrogen and oxygen atoms in total. The first-order valence-electron chi connectivity index (χ1n) is 9.72. The summed E-state index contributed by atoms with van der Waals surface area (Å²) in [5.74, 6) is 1.98. The van der Waals surface area contributed by atoms with E-state index in [4.69, 9.17) is 4.98 Å². The molecule has 2 aliphatic heterocycles. The standard InChI is InChI=1S/C21H28N4S/c1-16(2)25-18-8-9-19(25)14-24(11-10-18)20-12-22-13-21(23-20)26-15-17-6-4-3-5-7-17/h3-7,12-13,16,18-19H,8-11,14-15H2,1-2H3. The van der Waals surface area contributed by atoms with Crippen molar-refractivity contribution < 1.29 is 0 Å². The molecule has 2 saturated heterocycles. The summed E-state index contributed by atoms with van der Waals surface area (Å²) in [5, 5.41) is 1.02. The zero-order valence-electron chi connectivity index (χ0n) is 15.7. The van der Waals surface area contributed by atoms with Gasteiger partial charge in [-0.15, -0.1) is 11.8 Å². The third kappa shape index (κ3) is 3.89. The Morgan fingerprint density at radius 2 is 1.88 bits per heavy atom. The minimum atomic E-state index is 0.631. The maximum absolute atomic E-state index is 4.91. The highest BCUT2D eigenvalue weighted by molar-refractivity contribution is 7.98. The van der Waals surface area contributed by atoms with Crippen LogP contribution in [0.25, 0.3) is 0 Å². The molecule has 2 fully saturated rings. The molecule has 0 saturated carbocycles. The minimum absolute atomic E-state index is 0.631. The molecular weight excluding hydrogens is 340 g/mol. The second kappa shape index (κ2) is 7.97. The second-order valence-electron chi connectivity index (χ2n) is 7.65. The maximum atomic E-state index is 4.91. The Kier molecular flexibility index (Phi) is 5.46. The minimum Gasteiger partial charge on any atom is -0.354 e. The van der Waals surface area contributed by atoms with Crippen LogP contribution in [0.5, 0.6) is 0 Å².